The topological polar surface area (TPSA) is 61.0 Å². The second-order valence-corrected chi connectivity index (χ2v) is 6.20. The molecule has 20 heavy (non-hydrogen) atoms. The molecule has 0 amide bonds. The van der Waals surface area contributed by atoms with Crippen molar-refractivity contribution < 1.29 is 0 Å². The highest BCUT2D eigenvalue weighted by atomic mass is 16.1. The Morgan fingerprint density at radius 3 is 2.60 bits per heavy atom. The van der Waals surface area contributed by atoms with Crippen molar-refractivity contribution in [1.82, 2.24) is 20.4 Å². The third kappa shape index (κ3) is 4.42. The molecule has 2 N–H and O–H groups in total. The van der Waals surface area contributed by atoms with Crippen LogP contribution in [0.5, 0.6) is 0 Å². The SMILES string of the molecule is CC(C)CN1CCC(N[C@@H](C)c2ccc(=O)[nH]n2)CC1. The molecule has 0 unspecified atom stereocenters. The molecule has 112 valence electrons. The molecule has 1 saturated heterocycles. The predicted octanol–water partition coefficient (Wildman–Crippen LogP) is 1.54. The van der Waals surface area contributed by atoms with Crippen molar-refractivity contribution in [2.75, 3.05) is 19.6 Å². The summed E-state index contributed by atoms with van der Waals surface area (Å²) in [5, 5.41) is 10.2. The van der Waals surface area contributed by atoms with Crippen molar-refractivity contribution in [3.8, 4) is 0 Å². The summed E-state index contributed by atoms with van der Waals surface area (Å²) in [5.74, 6) is 0.740. The van der Waals surface area contributed by atoms with Gasteiger partial charge in [-0.15, -0.1) is 0 Å². The van der Waals surface area contributed by atoms with Gasteiger partial charge in [-0.05, 0) is 44.8 Å². The van der Waals surface area contributed by atoms with Crippen LogP contribution in [-0.2, 0) is 0 Å². The van der Waals surface area contributed by atoms with Crippen LogP contribution in [0.1, 0.15) is 45.3 Å². The normalized spacial score (nSPS) is 19.4. The Balaban J connectivity index is 1.80. The van der Waals surface area contributed by atoms with Crippen LogP contribution < -0.4 is 10.9 Å². The zero-order valence-electron chi connectivity index (χ0n) is 12.7. The number of nitrogens with one attached hydrogen (secondary N) is 2. The molecule has 1 fully saturated rings. The van der Waals surface area contributed by atoms with Crippen LogP contribution in [0.4, 0.5) is 0 Å². The van der Waals surface area contributed by atoms with Crippen molar-refractivity contribution >= 4 is 0 Å². The monoisotopic (exact) mass is 278 g/mol. The van der Waals surface area contributed by atoms with Crippen molar-refractivity contribution in [1.29, 1.82) is 0 Å². The zero-order chi connectivity index (χ0) is 14.5. The summed E-state index contributed by atoms with van der Waals surface area (Å²) >= 11 is 0. The maximum absolute atomic E-state index is 11.0. The zero-order valence-corrected chi connectivity index (χ0v) is 12.7. The van der Waals surface area contributed by atoms with Gasteiger partial charge in [0.2, 0.25) is 0 Å². The van der Waals surface area contributed by atoms with E-state index in [0.29, 0.717) is 6.04 Å². The van der Waals surface area contributed by atoms with E-state index in [1.54, 1.807) is 6.07 Å². The first-order valence-electron chi connectivity index (χ1n) is 7.58. The number of aromatic amines is 1. The Labute approximate surface area is 120 Å². The molecule has 0 aliphatic carbocycles. The van der Waals surface area contributed by atoms with Gasteiger partial charge in [0, 0.05) is 24.7 Å². The number of H-pyrrole nitrogens is 1. The third-order valence-corrected chi connectivity index (χ3v) is 3.84. The first-order valence-corrected chi connectivity index (χ1v) is 7.58. The molecule has 2 rings (SSSR count). The second kappa shape index (κ2) is 6.99. The maximum atomic E-state index is 11.0. The Kier molecular flexibility index (Phi) is 5.31. The smallest absolute Gasteiger partial charge is 0.264 e. The van der Waals surface area contributed by atoms with Gasteiger partial charge in [-0.1, -0.05) is 13.8 Å². The molecule has 1 aliphatic heterocycles. The van der Waals surface area contributed by atoms with Gasteiger partial charge in [-0.25, -0.2) is 5.10 Å². The van der Waals surface area contributed by atoms with E-state index in [2.05, 4.69) is 41.2 Å². The van der Waals surface area contributed by atoms with Gasteiger partial charge >= 0.3 is 0 Å². The minimum atomic E-state index is -0.150. The third-order valence-electron chi connectivity index (χ3n) is 3.84. The van der Waals surface area contributed by atoms with E-state index in [-0.39, 0.29) is 11.6 Å². The highest BCUT2D eigenvalue weighted by Crippen LogP contribution is 2.16. The van der Waals surface area contributed by atoms with Gasteiger partial charge in [-0.3, -0.25) is 4.79 Å². The molecule has 0 spiro atoms. The molecule has 5 heteroatoms. The van der Waals surface area contributed by atoms with E-state index < -0.39 is 0 Å². The molecular weight excluding hydrogens is 252 g/mol. The average molecular weight is 278 g/mol. The summed E-state index contributed by atoms with van der Waals surface area (Å²) in [4.78, 5) is 13.6. The van der Waals surface area contributed by atoms with Gasteiger partial charge in [-0.2, -0.15) is 5.10 Å². The molecule has 1 aromatic rings. The fraction of sp³-hybridized carbons (Fsp3) is 0.733. The van der Waals surface area contributed by atoms with Crippen LogP contribution in [0.15, 0.2) is 16.9 Å². The van der Waals surface area contributed by atoms with Gasteiger partial charge < -0.3 is 10.2 Å². The first kappa shape index (κ1) is 15.2. The lowest BCUT2D eigenvalue weighted by Crippen LogP contribution is -2.44. The quantitative estimate of drug-likeness (QED) is 0.858. The average Bonchev–Trinajstić information content (AvgIpc) is 2.41. The molecule has 0 radical (unpaired) electrons. The second-order valence-electron chi connectivity index (χ2n) is 6.20. The van der Waals surface area contributed by atoms with Crippen LogP contribution in [0.3, 0.4) is 0 Å². The van der Waals surface area contributed by atoms with Crippen LogP contribution in [-0.4, -0.2) is 40.8 Å². The summed E-state index contributed by atoms with van der Waals surface area (Å²) in [6, 6.07) is 4.05. The number of hydrogen-bond acceptors (Lipinski definition) is 4. The van der Waals surface area contributed by atoms with Gasteiger partial charge in [0.05, 0.1) is 5.69 Å². The van der Waals surface area contributed by atoms with Crippen molar-refractivity contribution in [3.05, 3.63) is 28.2 Å². The fourth-order valence-electron chi connectivity index (χ4n) is 2.83. The van der Waals surface area contributed by atoms with Gasteiger partial charge in [0.25, 0.3) is 5.56 Å². The number of hydrogen-bond donors (Lipinski definition) is 2. The highest BCUT2D eigenvalue weighted by molar-refractivity contribution is 5.04. The predicted molar refractivity (Wildman–Crippen MR) is 80.7 cm³/mol. The van der Waals surface area contributed by atoms with Crippen molar-refractivity contribution in [2.24, 2.45) is 5.92 Å². The first-order chi connectivity index (χ1) is 9.54. The number of nitrogens with zero attached hydrogens (tertiary/aromatic N) is 2. The van der Waals surface area contributed by atoms with Crippen LogP contribution >= 0.6 is 0 Å². The molecule has 5 nitrogen and oxygen atoms in total. The summed E-state index contributed by atoms with van der Waals surface area (Å²) in [5.41, 5.74) is 0.747. The molecule has 1 aromatic heterocycles. The lowest BCUT2D eigenvalue weighted by molar-refractivity contribution is 0.175. The van der Waals surface area contributed by atoms with E-state index in [1.165, 1.54) is 38.5 Å². The van der Waals surface area contributed by atoms with E-state index in [0.717, 1.165) is 11.6 Å². The molecule has 0 aromatic carbocycles. The van der Waals surface area contributed by atoms with E-state index >= 15 is 0 Å². The summed E-state index contributed by atoms with van der Waals surface area (Å²) < 4.78 is 0. The van der Waals surface area contributed by atoms with Crippen LogP contribution in [0.2, 0.25) is 0 Å². The Morgan fingerprint density at radius 1 is 1.35 bits per heavy atom. The van der Waals surface area contributed by atoms with E-state index in [9.17, 15) is 4.79 Å². The lowest BCUT2D eigenvalue weighted by atomic mass is 10.0. The van der Waals surface area contributed by atoms with Crippen molar-refractivity contribution in [2.45, 2.75) is 45.7 Å². The highest BCUT2D eigenvalue weighted by Gasteiger charge is 2.21. The summed E-state index contributed by atoms with van der Waals surface area (Å²) in [6.45, 7) is 10.2. The maximum Gasteiger partial charge on any atom is 0.264 e. The largest absolute Gasteiger partial charge is 0.306 e. The van der Waals surface area contributed by atoms with Gasteiger partial charge in [0.1, 0.15) is 0 Å². The Bertz CT molecular complexity index is 443. The standard InChI is InChI=1S/C15H26N4O/c1-11(2)10-19-8-6-13(7-9-19)16-12(3)14-4-5-15(20)18-17-14/h4-5,11-13,16H,6-10H2,1-3H3,(H,18,20)/t12-/m0/s1. The number of likely N-dealkylation sites (tertiary alicyclic amines) is 1. The molecule has 1 aliphatic rings. The molecule has 1 atom stereocenters. The van der Waals surface area contributed by atoms with Crippen molar-refractivity contribution in [3.63, 3.8) is 0 Å². The molecule has 0 saturated carbocycles. The summed E-state index contributed by atoms with van der Waals surface area (Å²) in [7, 11) is 0. The van der Waals surface area contributed by atoms with Crippen LogP contribution in [0, 0.1) is 5.92 Å². The lowest BCUT2D eigenvalue weighted by Gasteiger charge is -2.34. The fourth-order valence-corrected chi connectivity index (χ4v) is 2.83. The van der Waals surface area contributed by atoms with E-state index in [4.69, 9.17) is 0 Å². The van der Waals surface area contributed by atoms with Gasteiger partial charge in [0.15, 0.2) is 0 Å². The molecule has 0 bridgehead atoms. The van der Waals surface area contributed by atoms with E-state index in [1.807, 2.05) is 0 Å². The summed E-state index contributed by atoms with van der Waals surface area (Å²) in [6.07, 6.45) is 2.36. The number of rotatable bonds is 5. The molecule has 2 heterocycles. The minimum Gasteiger partial charge on any atom is -0.306 e. The number of aromatic nitrogens is 2. The minimum absolute atomic E-state index is 0.150. The molecular formula is C15H26N4O. The van der Waals surface area contributed by atoms with Crippen LogP contribution in [0.25, 0.3) is 0 Å². The Morgan fingerprint density at radius 2 is 2.05 bits per heavy atom. The Hall–Kier alpha value is -1.20. The number of piperidine rings is 1.